The molecule has 0 amide bonds. The molecule has 0 radical (unpaired) electrons. The molecule has 2 aromatic heterocycles. The molecule has 3 nitrogen and oxygen atoms in total. The van der Waals surface area contributed by atoms with Crippen LogP contribution in [0.4, 0.5) is 17.1 Å². The number of aromatic nitrogens is 2. The molecule has 0 bridgehead atoms. The molecule has 0 atom stereocenters. The minimum Gasteiger partial charge on any atom is -0.311 e. The van der Waals surface area contributed by atoms with Crippen LogP contribution in [0.5, 0.6) is 0 Å². The molecule has 0 aliphatic rings. The van der Waals surface area contributed by atoms with E-state index < -0.39 is 0 Å². The van der Waals surface area contributed by atoms with Crippen molar-refractivity contribution in [2.75, 3.05) is 4.90 Å². The van der Waals surface area contributed by atoms with Gasteiger partial charge in [-0.15, -0.1) is 0 Å². The topological polar surface area (TPSA) is 13.1 Å². The summed E-state index contributed by atoms with van der Waals surface area (Å²) in [6.45, 7) is 0. The van der Waals surface area contributed by atoms with E-state index in [2.05, 4.69) is 275 Å². The summed E-state index contributed by atoms with van der Waals surface area (Å²) < 4.78 is 4.84. The lowest BCUT2D eigenvalue weighted by atomic mass is 10.0. The van der Waals surface area contributed by atoms with Gasteiger partial charge in [0, 0.05) is 49.7 Å². The highest BCUT2D eigenvalue weighted by molar-refractivity contribution is 6.13. The summed E-state index contributed by atoms with van der Waals surface area (Å²) in [5, 5.41) is 7.44. The van der Waals surface area contributed by atoms with Crippen molar-refractivity contribution in [2.45, 2.75) is 0 Å². The van der Waals surface area contributed by atoms with Gasteiger partial charge in [-0.05, 0) is 130 Å². The Morgan fingerprint density at radius 3 is 1.18 bits per heavy atom. The van der Waals surface area contributed by atoms with Crippen molar-refractivity contribution in [3.8, 4) is 44.8 Å². The predicted octanol–water partition coefficient (Wildman–Crippen LogP) is 17.5. The largest absolute Gasteiger partial charge is 0.311 e. The molecule has 13 aromatic rings. The molecule has 0 fully saturated rings. The van der Waals surface area contributed by atoms with Crippen LogP contribution in [0.25, 0.3) is 99.1 Å². The molecule has 11 aromatic carbocycles. The number of para-hydroxylation sites is 2. The maximum Gasteiger partial charge on any atom is 0.0541 e. The quantitative estimate of drug-likeness (QED) is 0.148. The predicted molar refractivity (Wildman–Crippen MR) is 284 cm³/mol. The molecule has 0 saturated carbocycles. The number of rotatable bonds is 8. The van der Waals surface area contributed by atoms with Crippen LogP contribution in [0.3, 0.4) is 0 Å². The first-order chi connectivity index (χ1) is 33.2. The minimum absolute atomic E-state index is 1.09. The lowest BCUT2D eigenvalue weighted by molar-refractivity contribution is 1.17. The number of fused-ring (bicyclic) bond motifs is 7. The Morgan fingerprint density at radius 1 is 0.239 bits per heavy atom. The molecular formula is C64H43N3. The summed E-state index contributed by atoms with van der Waals surface area (Å²) in [5.41, 5.74) is 17.6. The second-order valence-electron chi connectivity index (χ2n) is 17.3. The zero-order valence-corrected chi connectivity index (χ0v) is 36.7. The Bertz CT molecular complexity index is 3850. The van der Waals surface area contributed by atoms with Gasteiger partial charge in [0.1, 0.15) is 0 Å². The normalized spacial score (nSPS) is 11.6. The molecule has 0 saturated heterocycles. The average Bonchev–Trinajstić information content (AvgIpc) is 3.92. The van der Waals surface area contributed by atoms with Crippen molar-refractivity contribution in [1.29, 1.82) is 0 Å². The van der Waals surface area contributed by atoms with Crippen molar-refractivity contribution in [2.24, 2.45) is 0 Å². The number of anilines is 3. The first-order valence-electron chi connectivity index (χ1n) is 23.0. The van der Waals surface area contributed by atoms with Crippen LogP contribution in [0.1, 0.15) is 0 Å². The Kier molecular flexibility index (Phi) is 9.17. The van der Waals surface area contributed by atoms with E-state index in [0.29, 0.717) is 0 Å². The molecule has 0 N–H and O–H groups in total. The summed E-state index contributed by atoms with van der Waals surface area (Å²) >= 11 is 0. The van der Waals surface area contributed by atoms with Crippen LogP contribution in [-0.2, 0) is 0 Å². The molecular weight excluding hydrogens is 811 g/mol. The van der Waals surface area contributed by atoms with Crippen molar-refractivity contribution >= 4 is 71.4 Å². The second-order valence-corrected chi connectivity index (χ2v) is 17.3. The first kappa shape index (κ1) is 38.5. The van der Waals surface area contributed by atoms with Crippen LogP contribution < -0.4 is 4.90 Å². The highest BCUT2D eigenvalue weighted by Crippen LogP contribution is 2.41. The van der Waals surface area contributed by atoms with Crippen LogP contribution in [0.2, 0.25) is 0 Å². The van der Waals surface area contributed by atoms with Gasteiger partial charge in [-0.25, -0.2) is 0 Å². The van der Waals surface area contributed by atoms with Gasteiger partial charge in [0.05, 0.1) is 27.8 Å². The van der Waals surface area contributed by atoms with E-state index in [1.54, 1.807) is 0 Å². The highest BCUT2D eigenvalue weighted by atomic mass is 15.1. The lowest BCUT2D eigenvalue weighted by Gasteiger charge is -2.26. The smallest absolute Gasteiger partial charge is 0.0541 e. The Morgan fingerprint density at radius 2 is 0.627 bits per heavy atom. The van der Waals surface area contributed by atoms with E-state index in [-0.39, 0.29) is 0 Å². The van der Waals surface area contributed by atoms with Crippen molar-refractivity contribution < 1.29 is 0 Å². The average molecular weight is 854 g/mol. The number of hydrogen-bond acceptors (Lipinski definition) is 1. The summed E-state index contributed by atoms with van der Waals surface area (Å²) in [5.74, 6) is 0. The monoisotopic (exact) mass is 853 g/mol. The van der Waals surface area contributed by atoms with Gasteiger partial charge >= 0.3 is 0 Å². The number of hydrogen-bond donors (Lipinski definition) is 0. The van der Waals surface area contributed by atoms with E-state index in [1.807, 2.05) is 0 Å². The lowest BCUT2D eigenvalue weighted by Crippen LogP contribution is -2.10. The maximum atomic E-state index is 2.43. The van der Waals surface area contributed by atoms with Crippen molar-refractivity contribution in [1.82, 2.24) is 9.13 Å². The third-order valence-electron chi connectivity index (χ3n) is 13.5. The van der Waals surface area contributed by atoms with Gasteiger partial charge in [0.15, 0.2) is 0 Å². The first-order valence-corrected chi connectivity index (χ1v) is 23.0. The van der Waals surface area contributed by atoms with Crippen molar-refractivity contribution in [3.63, 3.8) is 0 Å². The van der Waals surface area contributed by atoms with E-state index in [4.69, 9.17) is 0 Å². The van der Waals surface area contributed by atoms with Gasteiger partial charge in [-0.3, -0.25) is 0 Å². The third kappa shape index (κ3) is 6.59. The Balaban J connectivity index is 0.892. The standard InChI is InChI=1S/C64H43N3/c1-3-14-44(15-4-1)46-26-32-51(33-27-46)65(52-34-28-47(29-35-52)45-16-5-2-6-17-45)53-36-38-54(39-37-53)66-61-23-11-9-21-56(61)58-42-49(30-40-63(58)66)50-31-41-64-59(43-50)57-22-10-12-24-62(57)67(64)60-25-13-19-48-18-7-8-20-55(48)60/h1-43H. The molecule has 0 aliphatic carbocycles. The van der Waals surface area contributed by atoms with Gasteiger partial charge in [-0.1, -0.05) is 170 Å². The summed E-state index contributed by atoms with van der Waals surface area (Å²) in [6.07, 6.45) is 0. The molecule has 0 aliphatic heterocycles. The van der Waals surface area contributed by atoms with Gasteiger partial charge in [-0.2, -0.15) is 0 Å². The molecule has 2 heterocycles. The van der Waals surface area contributed by atoms with Crippen LogP contribution in [0, 0.1) is 0 Å². The van der Waals surface area contributed by atoms with E-state index in [9.17, 15) is 0 Å². The summed E-state index contributed by atoms with van der Waals surface area (Å²) in [7, 11) is 0. The molecule has 3 heteroatoms. The third-order valence-corrected chi connectivity index (χ3v) is 13.5. The van der Waals surface area contributed by atoms with Crippen LogP contribution >= 0.6 is 0 Å². The fourth-order valence-corrected chi connectivity index (χ4v) is 10.3. The highest BCUT2D eigenvalue weighted by Gasteiger charge is 2.19. The molecule has 0 unspecified atom stereocenters. The molecule has 0 spiro atoms. The van der Waals surface area contributed by atoms with E-state index in [1.165, 1.54) is 93.5 Å². The van der Waals surface area contributed by atoms with E-state index >= 15 is 0 Å². The summed E-state index contributed by atoms with van der Waals surface area (Å²) in [6, 6.07) is 94.8. The van der Waals surface area contributed by atoms with E-state index in [0.717, 1.165) is 22.7 Å². The molecule has 13 rings (SSSR count). The van der Waals surface area contributed by atoms with Crippen molar-refractivity contribution in [3.05, 3.63) is 261 Å². The SMILES string of the molecule is c1ccc(-c2ccc(N(c3ccc(-c4ccccc4)cc3)c3ccc(-n4c5ccccc5c5cc(-c6ccc7c(c6)c6ccccc6n7-c6cccc7ccccc67)ccc54)cc3)cc2)cc1. The fourth-order valence-electron chi connectivity index (χ4n) is 10.3. The molecule has 67 heavy (non-hydrogen) atoms. The number of benzene rings is 11. The minimum atomic E-state index is 1.09. The Labute approximate surface area is 389 Å². The Hall–Kier alpha value is -8.92. The fraction of sp³-hybridized carbons (Fsp3) is 0. The zero-order valence-electron chi connectivity index (χ0n) is 36.7. The molecule has 314 valence electrons. The van der Waals surface area contributed by atoms with Crippen LogP contribution in [0.15, 0.2) is 261 Å². The summed E-state index contributed by atoms with van der Waals surface area (Å²) in [4.78, 5) is 2.35. The van der Waals surface area contributed by atoms with Gasteiger partial charge in [0.2, 0.25) is 0 Å². The van der Waals surface area contributed by atoms with Gasteiger partial charge in [0.25, 0.3) is 0 Å². The maximum absolute atomic E-state index is 2.43. The van der Waals surface area contributed by atoms with Crippen LogP contribution in [-0.4, -0.2) is 9.13 Å². The second kappa shape index (κ2) is 16.0. The number of nitrogens with zero attached hydrogens (tertiary/aromatic N) is 3. The van der Waals surface area contributed by atoms with Gasteiger partial charge < -0.3 is 14.0 Å². The zero-order chi connectivity index (χ0) is 44.3.